The van der Waals surface area contributed by atoms with Gasteiger partial charge in [0.15, 0.2) is 0 Å². The van der Waals surface area contributed by atoms with E-state index in [-0.39, 0.29) is 26.9 Å². The molecule has 0 aromatic heterocycles. The Kier molecular flexibility index (Phi) is 3.92. The van der Waals surface area contributed by atoms with Gasteiger partial charge in [-0.1, -0.05) is 41.4 Å². The van der Waals surface area contributed by atoms with Gasteiger partial charge >= 0.3 is 0 Å². The second-order valence-electron chi connectivity index (χ2n) is 5.53. The van der Waals surface area contributed by atoms with Crippen molar-refractivity contribution < 1.29 is 13.2 Å². The number of carbonyl (C=O) groups excluding carboxylic acids is 1. The Bertz CT molecular complexity index is 688. The molecule has 1 aliphatic carbocycles. The summed E-state index contributed by atoms with van der Waals surface area (Å²) in [6, 6.07) is 2.82. The summed E-state index contributed by atoms with van der Waals surface area (Å²) >= 11 is 9.15. The number of carbonyl (C=O) groups is 1. The fourth-order valence-electron chi connectivity index (χ4n) is 1.89. The summed E-state index contributed by atoms with van der Waals surface area (Å²) in [6.07, 6.45) is 0.881. The molecule has 1 amide bonds. The van der Waals surface area contributed by atoms with E-state index in [0.29, 0.717) is 4.47 Å². The van der Waals surface area contributed by atoms with E-state index >= 15 is 0 Å². The largest absolute Gasteiger partial charge is 0.349 e. The van der Waals surface area contributed by atoms with Crippen molar-refractivity contribution in [1.29, 1.82) is 0 Å². The molecule has 8 heteroatoms. The Morgan fingerprint density at radius 1 is 1.50 bits per heavy atom. The molecule has 20 heavy (non-hydrogen) atoms. The van der Waals surface area contributed by atoms with Gasteiger partial charge in [0.1, 0.15) is 4.90 Å². The number of benzene rings is 1. The first-order valence-corrected chi connectivity index (χ1v) is 8.57. The molecule has 1 saturated carbocycles. The van der Waals surface area contributed by atoms with Crippen molar-refractivity contribution in [2.45, 2.75) is 31.2 Å². The van der Waals surface area contributed by atoms with Crippen LogP contribution >= 0.6 is 27.5 Å². The Hall–Kier alpha value is -0.630. The molecule has 0 aliphatic heterocycles. The fourth-order valence-corrected chi connectivity index (χ4v) is 3.66. The normalized spacial score (nSPS) is 20.6. The van der Waals surface area contributed by atoms with Gasteiger partial charge in [-0.3, -0.25) is 4.79 Å². The third-order valence-corrected chi connectivity index (χ3v) is 5.29. The highest BCUT2D eigenvalue weighted by Gasteiger charge is 2.46. The molecule has 0 radical (unpaired) electrons. The van der Waals surface area contributed by atoms with E-state index in [1.165, 1.54) is 12.1 Å². The van der Waals surface area contributed by atoms with E-state index in [1.807, 2.05) is 13.8 Å². The van der Waals surface area contributed by atoms with Gasteiger partial charge in [-0.15, -0.1) is 0 Å². The molecule has 1 unspecified atom stereocenters. The van der Waals surface area contributed by atoms with Crippen molar-refractivity contribution in [2.75, 3.05) is 0 Å². The lowest BCUT2D eigenvalue weighted by atomic mass is 10.1. The molecule has 3 N–H and O–H groups in total. The van der Waals surface area contributed by atoms with E-state index in [0.717, 1.165) is 6.42 Å². The van der Waals surface area contributed by atoms with Crippen molar-refractivity contribution >= 4 is 43.5 Å². The topological polar surface area (TPSA) is 89.3 Å². The lowest BCUT2D eigenvalue weighted by molar-refractivity contribution is 0.0946. The van der Waals surface area contributed by atoms with Crippen LogP contribution in [0.5, 0.6) is 0 Å². The van der Waals surface area contributed by atoms with E-state index in [4.69, 9.17) is 16.7 Å². The quantitative estimate of drug-likeness (QED) is 0.841. The molecule has 1 atom stereocenters. The SMILES string of the molecule is CC1(C)CC1NC(=O)c1cc(Br)cc(S(N)(=O)=O)c1Cl. The maximum absolute atomic E-state index is 12.2. The molecule has 1 aromatic carbocycles. The second kappa shape index (κ2) is 4.98. The van der Waals surface area contributed by atoms with Crippen molar-refractivity contribution in [3.63, 3.8) is 0 Å². The van der Waals surface area contributed by atoms with Crippen molar-refractivity contribution in [2.24, 2.45) is 10.6 Å². The van der Waals surface area contributed by atoms with Crippen LogP contribution in [-0.4, -0.2) is 20.4 Å². The molecule has 0 heterocycles. The molecule has 5 nitrogen and oxygen atoms in total. The van der Waals surface area contributed by atoms with E-state index in [2.05, 4.69) is 21.2 Å². The lowest BCUT2D eigenvalue weighted by Gasteiger charge is -2.11. The number of hydrogen-bond acceptors (Lipinski definition) is 3. The maximum atomic E-state index is 12.2. The molecule has 0 bridgehead atoms. The zero-order chi connectivity index (χ0) is 15.3. The number of primary sulfonamides is 1. The zero-order valence-corrected chi connectivity index (χ0v) is 14.1. The number of halogens is 2. The minimum atomic E-state index is -3.99. The van der Waals surface area contributed by atoms with Gasteiger partial charge < -0.3 is 5.32 Å². The van der Waals surface area contributed by atoms with Gasteiger partial charge in [0.25, 0.3) is 5.91 Å². The Morgan fingerprint density at radius 3 is 2.50 bits per heavy atom. The van der Waals surface area contributed by atoms with Crippen LogP contribution in [0.4, 0.5) is 0 Å². The van der Waals surface area contributed by atoms with Crippen LogP contribution in [0.3, 0.4) is 0 Å². The summed E-state index contributed by atoms with van der Waals surface area (Å²) in [5.74, 6) is -0.406. The summed E-state index contributed by atoms with van der Waals surface area (Å²) in [5, 5.41) is 7.75. The molecule has 1 fully saturated rings. The van der Waals surface area contributed by atoms with E-state index in [1.54, 1.807) is 0 Å². The summed E-state index contributed by atoms with van der Waals surface area (Å²) in [7, 11) is -3.99. The van der Waals surface area contributed by atoms with E-state index < -0.39 is 15.9 Å². The highest BCUT2D eigenvalue weighted by molar-refractivity contribution is 9.10. The number of nitrogens with two attached hydrogens (primary N) is 1. The first kappa shape index (κ1) is 15.8. The predicted octanol–water partition coefficient (Wildman–Crippen LogP) is 2.28. The molecule has 1 aliphatic rings. The van der Waals surface area contributed by atoms with Gasteiger partial charge in [-0.25, -0.2) is 13.6 Å². The second-order valence-corrected chi connectivity index (χ2v) is 8.35. The average molecular weight is 382 g/mol. The molecule has 0 spiro atoms. The standard InChI is InChI=1S/C12H14BrClN2O3S/c1-12(2)5-9(12)16-11(17)7-3-6(13)4-8(10(7)14)20(15,18)19/h3-4,9H,5H2,1-2H3,(H,16,17)(H2,15,18,19). The molecule has 0 saturated heterocycles. The third kappa shape index (κ3) is 3.16. The van der Waals surface area contributed by atoms with Gasteiger partial charge in [-0.05, 0) is 24.0 Å². The summed E-state index contributed by atoms with van der Waals surface area (Å²) in [6.45, 7) is 4.08. The van der Waals surface area contributed by atoms with E-state index in [9.17, 15) is 13.2 Å². The highest BCUT2D eigenvalue weighted by Crippen LogP contribution is 2.44. The number of hydrogen-bond donors (Lipinski definition) is 2. The van der Waals surface area contributed by atoms with Crippen molar-refractivity contribution in [1.82, 2.24) is 5.32 Å². The van der Waals surface area contributed by atoms with Crippen LogP contribution in [-0.2, 0) is 10.0 Å². The molecule has 1 aromatic rings. The first-order valence-electron chi connectivity index (χ1n) is 5.85. The summed E-state index contributed by atoms with van der Waals surface area (Å²) in [4.78, 5) is 11.9. The molecular formula is C12H14BrClN2O3S. The molecule has 110 valence electrons. The monoisotopic (exact) mass is 380 g/mol. The van der Waals surface area contributed by atoms with Crippen LogP contribution in [0.15, 0.2) is 21.5 Å². The Morgan fingerprint density at radius 2 is 2.05 bits per heavy atom. The highest BCUT2D eigenvalue weighted by atomic mass is 79.9. The van der Waals surface area contributed by atoms with Crippen LogP contribution in [0.2, 0.25) is 5.02 Å². The van der Waals surface area contributed by atoms with Crippen LogP contribution in [0, 0.1) is 5.41 Å². The average Bonchev–Trinajstić information content (AvgIpc) is 2.87. The van der Waals surface area contributed by atoms with Gasteiger partial charge in [0.05, 0.1) is 10.6 Å². The van der Waals surface area contributed by atoms with Crippen molar-refractivity contribution in [3.8, 4) is 0 Å². The number of nitrogens with one attached hydrogen (secondary N) is 1. The minimum Gasteiger partial charge on any atom is -0.349 e. The summed E-state index contributed by atoms with van der Waals surface area (Å²) in [5.41, 5.74) is 0.157. The van der Waals surface area contributed by atoms with Crippen LogP contribution in [0.1, 0.15) is 30.6 Å². The summed E-state index contributed by atoms with van der Waals surface area (Å²) < 4.78 is 23.3. The van der Waals surface area contributed by atoms with Gasteiger partial charge in [0.2, 0.25) is 10.0 Å². The van der Waals surface area contributed by atoms with Crippen LogP contribution < -0.4 is 10.5 Å². The minimum absolute atomic E-state index is 0.0664. The lowest BCUT2D eigenvalue weighted by Crippen LogP contribution is -2.29. The number of amides is 1. The molecular weight excluding hydrogens is 368 g/mol. The number of rotatable bonds is 3. The number of sulfonamides is 1. The van der Waals surface area contributed by atoms with Crippen LogP contribution in [0.25, 0.3) is 0 Å². The maximum Gasteiger partial charge on any atom is 0.253 e. The first-order chi connectivity index (χ1) is 9.02. The van der Waals surface area contributed by atoms with Gasteiger partial charge in [-0.2, -0.15) is 0 Å². The smallest absolute Gasteiger partial charge is 0.253 e. The Labute approximate surface area is 131 Å². The molecule has 2 rings (SSSR count). The van der Waals surface area contributed by atoms with Gasteiger partial charge in [0, 0.05) is 10.5 Å². The predicted molar refractivity (Wildman–Crippen MR) is 80.2 cm³/mol. The Balaban J connectivity index is 2.37. The third-order valence-electron chi connectivity index (χ3n) is 3.37. The fraction of sp³-hybridized carbons (Fsp3) is 0.417. The zero-order valence-electron chi connectivity index (χ0n) is 10.9. The van der Waals surface area contributed by atoms with Crippen molar-refractivity contribution in [3.05, 3.63) is 27.2 Å².